The number of hydrogen-bond acceptors (Lipinski definition) is 6. The van der Waals surface area contributed by atoms with Crippen molar-refractivity contribution < 1.29 is 4.79 Å². The molecule has 0 unspecified atom stereocenters. The Labute approximate surface area is 170 Å². The van der Waals surface area contributed by atoms with Gasteiger partial charge in [0.2, 0.25) is 11.9 Å². The molecule has 0 spiro atoms. The summed E-state index contributed by atoms with van der Waals surface area (Å²) in [5.74, 6) is 0.747. The summed E-state index contributed by atoms with van der Waals surface area (Å²) in [6.07, 6.45) is 0. The van der Waals surface area contributed by atoms with Gasteiger partial charge in [-0.3, -0.25) is 9.69 Å². The van der Waals surface area contributed by atoms with Crippen molar-refractivity contribution >= 4 is 17.5 Å². The third kappa shape index (κ3) is 4.27. The lowest BCUT2D eigenvalue weighted by Gasteiger charge is -2.34. The molecule has 0 radical (unpaired) electrons. The number of para-hydroxylation sites is 1. The zero-order valence-electron chi connectivity index (χ0n) is 16.7. The Morgan fingerprint density at radius 2 is 1.76 bits per heavy atom. The highest BCUT2D eigenvalue weighted by molar-refractivity contribution is 5.93. The van der Waals surface area contributed by atoms with Crippen LogP contribution in [0.3, 0.4) is 0 Å². The third-order valence-electron chi connectivity index (χ3n) is 5.35. The number of carbonyl (C=O) groups excluding carboxylic acids is 1. The molecule has 2 heterocycles. The maximum atomic E-state index is 12.5. The number of aromatic nitrogens is 4. The Bertz CT molecular complexity index is 978. The van der Waals surface area contributed by atoms with Gasteiger partial charge in [-0.2, -0.15) is 4.68 Å². The minimum absolute atomic E-state index is 0.0151. The molecule has 1 aromatic heterocycles. The Morgan fingerprint density at radius 3 is 2.52 bits per heavy atom. The lowest BCUT2D eigenvalue weighted by atomic mass is 10.1. The van der Waals surface area contributed by atoms with Crippen LogP contribution in [-0.2, 0) is 4.79 Å². The Balaban J connectivity index is 1.34. The highest BCUT2D eigenvalue weighted by atomic mass is 16.2. The van der Waals surface area contributed by atoms with Crippen molar-refractivity contribution in [1.29, 1.82) is 0 Å². The van der Waals surface area contributed by atoms with Crippen LogP contribution < -0.4 is 10.2 Å². The second-order valence-electron chi connectivity index (χ2n) is 7.29. The van der Waals surface area contributed by atoms with Gasteiger partial charge in [-0.1, -0.05) is 35.4 Å². The van der Waals surface area contributed by atoms with E-state index in [-0.39, 0.29) is 5.91 Å². The minimum atomic E-state index is 0.0151. The highest BCUT2D eigenvalue weighted by Gasteiger charge is 2.23. The number of nitrogens with zero attached hydrogens (tertiary/aromatic N) is 6. The maximum absolute atomic E-state index is 12.5. The lowest BCUT2D eigenvalue weighted by molar-refractivity contribution is -0.117. The summed E-state index contributed by atoms with van der Waals surface area (Å²) in [6, 6.07) is 15.8. The van der Waals surface area contributed by atoms with Crippen molar-refractivity contribution in [3.8, 4) is 5.69 Å². The summed E-state index contributed by atoms with van der Waals surface area (Å²) < 4.78 is 1.75. The number of nitrogens with one attached hydrogen (secondary N) is 1. The first kappa shape index (κ1) is 19.1. The molecule has 1 amide bonds. The molecule has 0 bridgehead atoms. The Morgan fingerprint density at radius 1 is 1.00 bits per heavy atom. The molecule has 0 aliphatic carbocycles. The van der Waals surface area contributed by atoms with Gasteiger partial charge in [0, 0.05) is 31.9 Å². The number of anilines is 2. The monoisotopic (exact) mass is 391 g/mol. The normalized spacial score (nSPS) is 14.8. The minimum Gasteiger partial charge on any atom is -0.337 e. The van der Waals surface area contributed by atoms with Crippen molar-refractivity contribution in [2.24, 2.45) is 0 Å². The predicted octanol–water partition coefficient (Wildman–Crippen LogP) is 2.04. The van der Waals surface area contributed by atoms with Crippen LogP contribution in [0.4, 0.5) is 11.6 Å². The van der Waals surface area contributed by atoms with Crippen LogP contribution in [-0.4, -0.2) is 63.7 Å². The van der Waals surface area contributed by atoms with Crippen LogP contribution in [0.1, 0.15) is 11.1 Å². The van der Waals surface area contributed by atoms with Crippen LogP contribution in [0.2, 0.25) is 0 Å². The maximum Gasteiger partial charge on any atom is 0.250 e. The fraction of sp³-hybridized carbons (Fsp3) is 0.333. The van der Waals surface area contributed by atoms with Gasteiger partial charge in [-0.05, 0) is 53.6 Å². The van der Waals surface area contributed by atoms with E-state index in [9.17, 15) is 4.79 Å². The molecule has 4 rings (SSSR count). The van der Waals surface area contributed by atoms with E-state index in [1.165, 1.54) is 5.56 Å². The molecule has 3 aromatic rings. The zero-order valence-corrected chi connectivity index (χ0v) is 16.7. The lowest BCUT2D eigenvalue weighted by Crippen LogP contribution is -2.49. The van der Waals surface area contributed by atoms with Gasteiger partial charge in [-0.25, -0.2) is 0 Å². The molecule has 8 nitrogen and oxygen atoms in total. The van der Waals surface area contributed by atoms with E-state index in [0.29, 0.717) is 6.54 Å². The van der Waals surface area contributed by atoms with Crippen LogP contribution in [0.25, 0.3) is 5.69 Å². The molecule has 29 heavy (non-hydrogen) atoms. The summed E-state index contributed by atoms with van der Waals surface area (Å²) in [7, 11) is 0. The van der Waals surface area contributed by atoms with E-state index in [4.69, 9.17) is 0 Å². The van der Waals surface area contributed by atoms with E-state index in [1.54, 1.807) is 4.68 Å². The largest absolute Gasteiger partial charge is 0.337 e. The van der Waals surface area contributed by atoms with Crippen molar-refractivity contribution in [1.82, 2.24) is 25.1 Å². The van der Waals surface area contributed by atoms with Crippen LogP contribution in [0, 0.1) is 13.8 Å². The summed E-state index contributed by atoms with van der Waals surface area (Å²) in [5.41, 5.74) is 4.10. The van der Waals surface area contributed by atoms with Gasteiger partial charge in [0.15, 0.2) is 0 Å². The van der Waals surface area contributed by atoms with Crippen molar-refractivity contribution in [3.05, 3.63) is 59.7 Å². The van der Waals surface area contributed by atoms with Crippen LogP contribution in [0.5, 0.6) is 0 Å². The van der Waals surface area contributed by atoms with E-state index < -0.39 is 0 Å². The molecule has 150 valence electrons. The highest BCUT2D eigenvalue weighted by Crippen LogP contribution is 2.19. The molecule has 1 N–H and O–H groups in total. The van der Waals surface area contributed by atoms with Gasteiger partial charge >= 0.3 is 0 Å². The second-order valence-corrected chi connectivity index (χ2v) is 7.29. The van der Waals surface area contributed by atoms with Gasteiger partial charge in [0.05, 0.1) is 12.2 Å². The van der Waals surface area contributed by atoms with E-state index in [0.717, 1.165) is 49.1 Å². The molecule has 8 heteroatoms. The summed E-state index contributed by atoms with van der Waals surface area (Å²) >= 11 is 0. The number of aryl methyl sites for hydroxylation is 1. The Hall–Kier alpha value is -3.26. The summed E-state index contributed by atoms with van der Waals surface area (Å²) in [5, 5.41) is 15.2. The molecule has 1 aliphatic heterocycles. The number of hydrogen-bond donors (Lipinski definition) is 1. The van der Waals surface area contributed by atoms with E-state index in [1.807, 2.05) is 62.4 Å². The average Bonchev–Trinajstić information content (AvgIpc) is 3.22. The predicted molar refractivity (Wildman–Crippen MR) is 112 cm³/mol. The van der Waals surface area contributed by atoms with Crippen LogP contribution in [0.15, 0.2) is 48.5 Å². The third-order valence-corrected chi connectivity index (χ3v) is 5.35. The van der Waals surface area contributed by atoms with Gasteiger partial charge in [-0.15, -0.1) is 0 Å². The van der Waals surface area contributed by atoms with Crippen molar-refractivity contribution in [3.63, 3.8) is 0 Å². The summed E-state index contributed by atoms with van der Waals surface area (Å²) in [6.45, 7) is 7.55. The molecule has 1 saturated heterocycles. The van der Waals surface area contributed by atoms with E-state index >= 15 is 0 Å². The number of carbonyl (C=O) groups is 1. The summed E-state index contributed by atoms with van der Waals surface area (Å²) in [4.78, 5) is 16.8. The number of rotatable bonds is 5. The molecule has 0 atom stereocenters. The second kappa shape index (κ2) is 8.40. The number of benzene rings is 2. The van der Waals surface area contributed by atoms with Crippen LogP contribution >= 0.6 is 0 Å². The molecule has 1 fully saturated rings. The SMILES string of the molecule is Cc1cccc(NC(=O)CN2CCN(c3nnnn3-c3ccccc3)CC2)c1C. The van der Waals surface area contributed by atoms with Gasteiger partial charge in [0.25, 0.3) is 0 Å². The average molecular weight is 391 g/mol. The van der Waals surface area contributed by atoms with Crippen molar-refractivity contribution in [2.75, 3.05) is 42.9 Å². The number of tetrazole rings is 1. The fourth-order valence-corrected chi connectivity index (χ4v) is 3.50. The number of piperazine rings is 1. The standard InChI is InChI=1S/C21H25N7O/c1-16-7-6-10-19(17(16)2)22-20(29)15-26-11-13-27(14-12-26)21-23-24-25-28(21)18-8-4-3-5-9-18/h3-10H,11-15H2,1-2H3,(H,22,29). The topological polar surface area (TPSA) is 79.2 Å². The van der Waals surface area contributed by atoms with Crippen molar-refractivity contribution in [2.45, 2.75) is 13.8 Å². The Kier molecular flexibility index (Phi) is 5.53. The molecule has 1 aliphatic rings. The first-order chi connectivity index (χ1) is 14.1. The first-order valence-corrected chi connectivity index (χ1v) is 9.79. The zero-order chi connectivity index (χ0) is 20.2. The van der Waals surface area contributed by atoms with Gasteiger partial charge < -0.3 is 10.2 Å². The quantitative estimate of drug-likeness (QED) is 0.717. The fourth-order valence-electron chi connectivity index (χ4n) is 3.50. The molecule has 2 aromatic carbocycles. The molecular weight excluding hydrogens is 366 g/mol. The van der Waals surface area contributed by atoms with E-state index in [2.05, 4.69) is 30.6 Å². The van der Waals surface area contributed by atoms with Gasteiger partial charge in [0.1, 0.15) is 0 Å². The number of amides is 1. The first-order valence-electron chi connectivity index (χ1n) is 9.79. The molecular formula is C21H25N7O. The molecule has 0 saturated carbocycles. The smallest absolute Gasteiger partial charge is 0.250 e.